The van der Waals surface area contributed by atoms with E-state index in [4.69, 9.17) is 5.26 Å². The average molecular weight is 190 g/mol. The number of isocyanates is 1. The lowest BCUT2D eigenvalue weighted by Crippen LogP contribution is -1.92. The maximum absolute atomic E-state index is 12.9. The van der Waals surface area contributed by atoms with Gasteiger partial charge in [0, 0.05) is 0 Å². The van der Waals surface area contributed by atoms with Crippen LogP contribution in [0.25, 0.3) is 0 Å². The number of hydrogen-bond acceptors (Lipinski definition) is 3. The zero-order valence-corrected chi connectivity index (χ0v) is 7.49. The first-order valence-electron chi connectivity index (χ1n) is 3.95. The van der Waals surface area contributed by atoms with Crippen molar-refractivity contribution in [3.05, 3.63) is 35.1 Å². The van der Waals surface area contributed by atoms with Gasteiger partial charge in [-0.1, -0.05) is 6.07 Å². The molecule has 0 saturated heterocycles. The maximum Gasteiger partial charge on any atom is 0.235 e. The molecule has 1 aromatic carbocycles. The summed E-state index contributed by atoms with van der Waals surface area (Å²) in [5, 5.41) is 8.56. The molecule has 0 aliphatic carbocycles. The molecule has 0 radical (unpaired) electrons. The van der Waals surface area contributed by atoms with E-state index in [1.54, 1.807) is 13.0 Å². The van der Waals surface area contributed by atoms with Crippen LogP contribution >= 0.6 is 0 Å². The van der Waals surface area contributed by atoms with Crippen molar-refractivity contribution >= 4 is 6.08 Å². The number of nitrogens with zero attached hydrogens (tertiary/aromatic N) is 2. The van der Waals surface area contributed by atoms with Crippen LogP contribution in [0.3, 0.4) is 0 Å². The Balaban J connectivity index is 3.13. The number of benzene rings is 1. The van der Waals surface area contributed by atoms with Gasteiger partial charge < -0.3 is 0 Å². The van der Waals surface area contributed by atoms with Crippen molar-refractivity contribution in [2.75, 3.05) is 0 Å². The fourth-order valence-corrected chi connectivity index (χ4v) is 1.04. The molecule has 0 spiro atoms. The van der Waals surface area contributed by atoms with Gasteiger partial charge >= 0.3 is 0 Å². The minimum absolute atomic E-state index is 0.0459. The molecular formula is C10H7FN2O. The van der Waals surface area contributed by atoms with E-state index in [1.807, 2.05) is 0 Å². The first kappa shape index (κ1) is 10.1. The number of rotatable bonds is 2. The third-order valence-electron chi connectivity index (χ3n) is 1.84. The molecular weight excluding hydrogens is 183 g/mol. The van der Waals surface area contributed by atoms with Crippen LogP contribution in [-0.2, 0) is 4.79 Å². The largest absolute Gasteiger partial charge is 0.235 e. The van der Waals surface area contributed by atoms with Crippen LogP contribution in [0, 0.1) is 17.1 Å². The molecule has 0 amide bonds. The SMILES string of the molecule is CC(N=C=O)c1ccc(F)c(C#N)c1. The monoisotopic (exact) mass is 190 g/mol. The molecule has 0 aliphatic heterocycles. The first-order chi connectivity index (χ1) is 6.69. The minimum Gasteiger partial charge on any atom is -0.211 e. The van der Waals surface area contributed by atoms with Crippen LogP contribution in [-0.4, -0.2) is 6.08 Å². The summed E-state index contributed by atoms with van der Waals surface area (Å²) in [6, 6.07) is 5.36. The molecule has 0 N–H and O–H groups in total. The maximum atomic E-state index is 12.9. The lowest BCUT2D eigenvalue weighted by atomic mass is 10.1. The third kappa shape index (κ3) is 2.03. The summed E-state index contributed by atoms with van der Waals surface area (Å²) in [6.07, 6.45) is 1.42. The van der Waals surface area contributed by atoms with Crippen LogP contribution < -0.4 is 0 Å². The highest BCUT2D eigenvalue weighted by molar-refractivity contribution is 5.38. The lowest BCUT2D eigenvalue weighted by Gasteiger charge is -2.04. The van der Waals surface area contributed by atoms with Crippen LogP contribution in [0.2, 0.25) is 0 Å². The normalized spacial score (nSPS) is 11.2. The molecule has 1 rings (SSSR count). The lowest BCUT2D eigenvalue weighted by molar-refractivity contribution is 0.559. The quantitative estimate of drug-likeness (QED) is 0.529. The van der Waals surface area contributed by atoms with Gasteiger partial charge in [0.05, 0.1) is 11.6 Å². The Bertz CT molecular complexity index is 430. The van der Waals surface area contributed by atoms with E-state index in [0.29, 0.717) is 5.56 Å². The van der Waals surface area contributed by atoms with Crippen LogP contribution in [0.1, 0.15) is 24.1 Å². The van der Waals surface area contributed by atoms with Gasteiger partial charge in [0.25, 0.3) is 0 Å². The summed E-state index contributed by atoms with van der Waals surface area (Å²) < 4.78 is 12.9. The molecule has 1 aromatic rings. The number of aliphatic imine (C=N–C) groups is 1. The molecule has 0 saturated carbocycles. The summed E-state index contributed by atoms with van der Waals surface area (Å²) >= 11 is 0. The van der Waals surface area contributed by atoms with E-state index >= 15 is 0 Å². The fraction of sp³-hybridized carbons (Fsp3) is 0.200. The van der Waals surface area contributed by atoms with Crippen molar-refractivity contribution in [3.63, 3.8) is 0 Å². The molecule has 14 heavy (non-hydrogen) atoms. The van der Waals surface area contributed by atoms with Gasteiger partial charge in [-0.25, -0.2) is 9.18 Å². The fourth-order valence-electron chi connectivity index (χ4n) is 1.04. The Morgan fingerprint density at radius 3 is 2.86 bits per heavy atom. The summed E-state index contributed by atoms with van der Waals surface area (Å²) in [4.78, 5) is 13.4. The van der Waals surface area contributed by atoms with E-state index in [9.17, 15) is 9.18 Å². The Morgan fingerprint density at radius 2 is 2.29 bits per heavy atom. The van der Waals surface area contributed by atoms with Crippen LogP contribution in [0.15, 0.2) is 23.2 Å². The molecule has 70 valence electrons. The molecule has 0 heterocycles. The smallest absolute Gasteiger partial charge is 0.211 e. The molecule has 0 aromatic heterocycles. The average Bonchev–Trinajstić information content (AvgIpc) is 2.19. The number of nitriles is 1. The topological polar surface area (TPSA) is 53.2 Å². The number of hydrogen-bond donors (Lipinski definition) is 0. The standard InChI is InChI=1S/C10H7FN2O/c1-7(13-6-14)8-2-3-10(11)9(4-8)5-12/h2-4,7H,1H3. The Hall–Kier alpha value is -1.98. The van der Waals surface area contributed by atoms with Gasteiger partial charge in [0.2, 0.25) is 6.08 Å². The van der Waals surface area contributed by atoms with E-state index < -0.39 is 11.9 Å². The van der Waals surface area contributed by atoms with Crippen LogP contribution in [0.4, 0.5) is 4.39 Å². The minimum atomic E-state index is -0.571. The van der Waals surface area contributed by atoms with Crippen molar-refractivity contribution in [1.29, 1.82) is 5.26 Å². The van der Waals surface area contributed by atoms with E-state index in [1.165, 1.54) is 24.3 Å². The Labute approximate surface area is 80.5 Å². The summed E-state index contributed by atoms with van der Waals surface area (Å²) in [5.74, 6) is -0.571. The molecule has 1 unspecified atom stereocenters. The van der Waals surface area contributed by atoms with E-state index in [0.717, 1.165) is 0 Å². The third-order valence-corrected chi connectivity index (χ3v) is 1.84. The van der Waals surface area contributed by atoms with Crippen molar-refractivity contribution in [3.8, 4) is 6.07 Å². The highest BCUT2D eigenvalue weighted by Crippen LogP contribution is 2.18. The van der Waals surface area contributed by atoms with Gasteiger partial charge in [-0.3, -0.25) is 0 Å². The van der Waals surface area contributed by atoms with Gasteiger partial charge in [-0.15, -0.1) is 0 Å². The van der Waals surface area contributed by atoms with Crippen molar-refractivity contribution in [2.45, 2.75) is 13.0 Å². The zero-order valence-electron chi connectivity index (χ0n) is 7.49. The number of halogens is 1. The molecule has 0 bridgehead atoms. The molecule has 4 heteroatoms. The van der Waals surface area contributed by atoms with Gasteiger partial charge in [0.15, 0.2) is 0 Å². The molecule has 0 aliphatic rings. The van der Waals surface area contributed by atoms with Gasteiger partial charge in [0.1, 0.15) is 11.9 Å². The predicted octanol–water partition coefficient (Wildman–Crippen LogP) is 2.09. The summed E-state index contributed by atoms with van der Waals surface area (Å²) in [6.45, 7) is 1.67. The van der Waals surface area contributed by atoms with Crippen LogP contribution in [0.5, 0.6) is 0 Å². The molecule has 1 atom stereocenters. The Kier molecular flexibility index (Phi) is 3.11. The number of carbonyl (C=O) groups excluding carboxylic acids is 1. The molecule has 3 nitrogen and oxygen atoms in total. The Morgan fingerprint density at radius 1 is 1.57 bits per heavy atom. The zero-order chi connectivity index (χ0) is 10.6. The van der Waals surface area contributed by atoms with Gasteiger partial charge in [-0.05, 0) is 24.6 Å². The predicted molar refractivity (Wildman–Crippen MR) is 47.7 cm³/mol. The van der Waals surface area contributed by atoms with E-state index in [-0.39, 0.29) is 5.56 Å². The van der Waals surface area contributed by atoms with Gasteiger partial charge in [-0.2, -0.15) is 10.3 Å². The van der Waals surface area contributed by atoms with Crippen molar-refractivity contribution in [1.82, 2.24) is 0 Å². The summed E-state index contributed by atoms with van der Waals surface area (Å²) in [5.41, 5.74) is 0.571. The second-order valence-corrected chi connectivity index (χ2v) is 2.75. The second kappa shape index (κ2) is 4.31. The molecule has 0 fully saturated rings. The highest BCUT2D eigenvalue weighted by atomic mass is 19.1. The van der Waals surface area contributed by atoms with Crippen molar-refractivity contribution in [2.24, 2.45) is 4.99 Å². The van der Waals surface area contributed by atoms with Crippen molar-refractivity contribution < 1.29 is 9.18 Å². The van der Waals surface area contributed by atoms with E-state index in [2.05, 4.69) is 4.99 Å². The summed E-state index contributed by atoms with van der Waals surface area (Å²) in [7, 11) is 0. The first-order valence-corrected chi connectivity index (χ1v) is 3.95. The second-order valence-electron chi connectivity index (χ2n) is 2.75. The highest BCUT2D eigenvalue weighted by Gasteiger charge is 2.07.